The second kappa shape index (κ2) is 6.57. The fourth-order valence-corrected chi connectivity index (χ4v) is 2.30. The van der Waals surface area contributed by atoms with Gasteiger partial charge in [-0.05, 0) is 39.0 Å². The van der Waals surface area contributed by atoms with Crippen LogP contribution < -0.4 is 10.1 Å². The van der Waals surface area contributed by atoms with Gasteiger partial charge in [0.05, 0.1) is 0 Å². The first-order chi connectivity index (χ1) is 8.78. The molecule has 1 heterocycles. The number of anilines is 1. The average molecular weight is 249 g/mol. The number of rotatable bonds is 5. The molecule has 0 amide bonds. The predicted molar refractivity (Wildman–Crippen MR) is 73.1 cm³/mol. The van der Waals surface area contributed by atoms with Gasteiger partial charge in [0.25, 0.3) is 0 Å². The van der Waals surface area contributed by atoms with E-state index in [9.17, 15) is 0 Å². The normalized spacial score (nSPS) is 16.6. The van der Waals surface area contributed by atoms with Crippen molar-refractivity contribution >= 4 is 5.82 Å². The maximum atomic E-state index is 5.97. The summed E-state index contributed by atoms with van der Waals surface area (Å²) in [5, 5.41) is 3.28. The van der Waals surface area contributed by atoms with E-state index >= 15 is 0 Å². The van der Waals surface area contributed by atoms with E-state index in [1.54, 1.807) is 0 Å². The fraction of sp³-hybridized carbons (Fsp3) is 0.714. The third-order valence-electron chi connectivity index (χ3n) is 3.21. The molecule has 0 saturated heterocycles. The van der Waals surface area contributed by atoms with Crippen LogP contribution in [-0.4, -0.2) is 22.6 Å². The minimum atomic E-state index is 0.340. The van der Waals surface area contributed by atoms with Crippen molar-refractivity contribution in [3.63, 3.8) is 0 Å². The lowest BCUT2D eigenvalue weighted by Gasteiger charge is -2.22. The number of ether oxygens (including phenoxy) is 1. The van der Waals surface area contributed by atoms with E-state index in [2.05, 4.69) is 22.2 Å². The summed E-state index contributed by atoms with van der Waals surface area (Å²) in [6, 6.07) is 1.91. The molecule has 1 N–H and O–H groups in total. The molecule has 0 aromatic carbocycles. The number of hydrogen-bond acceptors (Lipinski definition) is 4. The zero-order valence-electron chi connectivity index (χ0n) is 11.4. The molecular formula is C14H23N3O. The van der Waals surface area contributed by atoms with E-state index in [1.165, 1.54) is 19.3 Å². The van der Waals surface area contributed by atoms with E-state index in [-0.39, 0.29) is 0 Å². The number of nitrogens with zero attached hydrogens (tertiary/aromatic N) is 2. The van der Waals surface area contributed by atoms with Gasteiger partial charge < -0.3 is 10.1 Å². The van der Waals surface area contributed by atoms with Crippen LogP contribution in [0.3, 0.4) is 0 Å². The average Bonchev–Trinajstić information content (AvgIpc) is 2.37. The van der Waals surface area contributed by atoms with Crippen LogP contribution in [0.5, 0.6) is 5.88 Å². The Balaban J connectivity index is 1.99. The Hall–Kier alpha value is -1.32. The molecular weight excluding hydrogens is 226 g/mol. The topological polar surface area (TPSA) is 47.0 Å². The smallest absolute Gasteiger partial charge is 0.218 e. The molecule has 1 aromatic rings. The van der Waals surface area contributed by atoms with Crippen LogP contribution in [-0.2, 0) is 0 Å². The zero-order chi connectivity index (χ0) is 12.8. The third-order valence-corrected chi connectivity index (χ3v) is 3.21. The maximum Gasteiger partial charge on any atom is 0.218 e. The van der Waals surface area contributed by atoms with Crippen molar-refractivity contribution < 1.29 is 4.74 Å². The molecule has 18 heavy (non-hydrogen) atoms. The number of nitrogens with one attached hydrogen (secondary N) is 1. The van der Waals surface area contributed by atoms with Crippen LogP contribution in [0.25, 0.3) is 0 Å². The second-order valence-corrected chi connectivity index (χ2v) is 4.94. The third kappa shape index (κ3) is 3.86. The summed E-state index contributed by atoms with van der Waals surface area (Å²) < 4.78 is 5.97. The summed E-state index contributed by atoms with van der Waals surface area (Å²) in [5.41, 5.74) is 0. The summed E-state index contributed by atoms with van der Waals surface area (Å²) >= 11 is 0. The van der Waals surface area contributed by atoms with Crippen molar-refractivity contribution in [3.05, 3.63) is 11.9 Å². The lowest BCUT2D eigenvalue weighted by Crippen LogP contribution is -2.20. The van der Waals surface area contributed by atoms with Gasteiger partial charge >= 0.3 is 0 Å². The Morgan fingerprint density at radius 1 is 1.28 bits per heavy atom. The molecule has 1 aromatic heterocycles. The Bertz CT molecular complexity index is 375. The molecule has 0 aliphatic heterocycles. The van der Waals surface area contributed by atoms with Gasteiger partial charge in [-0.25, -0.2) is 4.98 Å². The van der Waals surface area contributed by atoms with Gasteiger partial charge in [0.2, 0.25) is 5.88 Å². The van der Waals surface area contributed by atoms with Gasteiger partial charge in [-0.3, -0.25) is 0 Å². The number of hydrogen-bond donors (Lipinski definition) is 1. The van der Waals surface area contributed by atoms with Crippen LogP contribution in [0.2, 0.25) is 0 Å². The van der Waals surface area contributed by atoms with E-state index in [4.69, 9.17) is 4.74 Å². The molecule has 0 bridgehead atoms. The van der Waals surface area contributed by atoms with Crippen LogP contribution >= 0.6 is 0 Å². The molecule has 4 heteroatoms. The first-order valence-corrected chi connectivity index (χ1v) is 7.04. The molecule has 100 valence electrons. The van der Waals surface area contributed by atoms with E-state index in [1.807, 2.05) is 13.0 Å². The van der Waals surface area contributed by atoms with Crippen LogP contribution in [0.4, 0.5) is 5.82 Å². The Morgan fingerprint density at radius 2 is 2.06 bits per heavy atom. The summed E-state index contributed by atoms with van der Waals surface area (Å²) in [5.74, 6) is 2.35. The monoisotopic (exact) mass is 249 g/mol. The van der Waals surface area contributed by atoms with Gasteiger partial charge in [-0.2, -0.15) is 4.98 Å². The highest BCUT2D eigenvalue weighted by Crippen LogP contribution is 2.23. The first-order valence-electron chi connectivity index (χ1n) is 7.04. The first kappa shape index (κ1) is 13.1. The van der Waals surface area contributed by atoms with Gasteiger partial charge in [-0.15, -0.1) is 0 Å². The Labute approximate surface area is 109 Å². The van der Waals surface area contributed by atoms with Gasteiger partial charge in [0, 0.05) is 12.6 Å². The minimum absolute atomic E-state index is 0.340. The summed E-state index contributed by atoms with van der Waals surface area (Å²) in [7, 11) is 0. The molecule has 0 spiro atoms. The number of aromatic nitrogens is 2. The molecule has 0 atom stereocenters. The van der Waals surface area contributed by atoms with Crippen molar-refractivity contribution in [3.8, 4) is 5.88 Å². The minimum Gasteiger partial charge on any atom is -0.474 e. The highest BCUT2D eigenvalue weighted by Gasteiger charge is 2.16. The molecule has 1 fully saturated rings. The molecule has 1 saturated carbocycles. The number of aryl methyl sites for hydroxylation is 1. The SMILES string of the molecule is CCCNc1cc(OC2CCCCC2)nc(C)n1. The largest absolute Gasteiger partial charge is 0.474 e. The predicted octanol–water partition coefficient (Wildman–Crippen LogP) is 3.32. The Kier molecular flexibility index (Phi) is 4.79. The standard InChI is InChI=1S/C14H23N3O/c1-3-9-15-13-10-14(17-11(2)16-13)18-12-7-5-4-6-8-12/h10,12H,3-9H2,1-2H3,(H,15,16,17). The van der Waals surface area contributed by atoms with Crippen LogP contribution in [0.1, 0.15) is 51.3 Å². The summed E-state index contributed by atoms with van der Waals surface area (Å²) in [6.07, 6.45) is 7.62. The highest BCUT2D eigenvalue weighted by molar-refractivity contribution is 5.38. The highest BCUT2D eigenvalue weighted by atomic mass is 16.5. The van der Waals surface area contributed by atoms with E-state index in [0.29, 0.717) is 12.0 Å². The lowest BCUT2D eigenvalue weighted by atomic mass is 9.98. The van der Waals surface area contributed by atoms with E-state index < -0.39 is 0 Å². The Morgan fingerprint density at radius 3 is 2.78 bits per heavy atom. The molecule has 0 radical (unpaired) electrons. The molecule has 4 nitrogen and oxygen atoms in total. The second-order valence-electron chi connectivity index (χ2n) is 4.94. The van der Waals surface area contributed by atoms with Gasteiger partial charge in [0.15, 0.2) is 0 Å². The zero-order valence-corrected chi connectivity index (χ0v) is 11.4. The summed E-state index contributed by atoms with van der Waals surface area (Å²) in [4.78, 5) is 8.72. The molecule has 1 aliphatic rings. The molecule has 2 rings (SSSR count). The van der Waals surface area contributed by atoms with Crippen molar-refractivity contribution in [2.45, 2.75) is 58.5 Å². The maximum absolute atomic E-state index is 5.97. The van der Waals surface area contributed by atoms with E-state index in [0.717, 1.165) is 37.4 Å². The van der Waals surface area contributed by atoms with Crippen LogP contribution in [0.15, 0.2) is 6.07 Å². The van der Waals surface area contributed by atoms with Crippen molar-refractivity contribution in [1.29, 1.82) is 0 Å². The summed E-state index contributed by atoms with van der Waals surface area (Å²) in [6.45, 7) is 4.98. The molecule has 1 aliphatic carbocycles. The van der Waals surface area contributed by atoms with Crippen molar-refractivity contribution in [2.75, 3.05) is 11.9 Å². The van der Waals surface area contributed by atoms with Crippen molar-refractivity contribution in [1.82, 2.24) is 9.97 Å². The van der Waals surface area contributed by atoms with Crippen LogP contribution in [0, 0.1) is 6.92 Å². The molecule has 0 unspecified atom stereocenters. The lowest BCUT2D eigenvalue weighted by molar-refractivity contribution is 0.148. The quantitative estimate of drug-likeness (QED) is 0.869. The fourth-order valence-electron chi connectivity index (χ4n) is 2.30. The van der Waals surface area contributed by atoms with Gasteiger partial charge in [-0.1, -0.05) is 13.3 Å². The van der Waals surface area contributed by atoms with Crippen molar-refractivity contribution in [2.24, 2.45) is 0 Å². The van der Waals surface area contributed by atoms with Gasteiger partial charge in [0.1, 0.15) is 17.7 Å².